The highest BCUT2D eigenvalue weighted by atomic mass is 16.3. The molecule has 2 aliphatic rings. The number of aliphatic hydroxyl groups excluding tert-OH is 1. The predicted molar refractivity (Wildman–Crippen MR) is 89.4 cm³/mol. The number of Topliss-reactive ketones (excluding diaryl/α,β-unsaturated/α-hetero) is 1. The number of nitrogens with zero attached hydrogens (tertiary/aromatic N) is 1. The highest BCUT2D eigenvalue weighted by Crippen LogP contribution is 2.40. The van der Waals surface area contributed by atoms with Crippen LogP contribution in [0.4, 0.5) is 5.69 Å². The summed E-state index contributed by atoms with van der Waals surface area (Å²) in [4.78, 5) is 26.3. The van der Waals surface area contributed by atoms with Crippen LogP contribution in [0, 0.1) is 12.8 Å². The molecule has 4 nitrogen and oxygen atoms in total. The number of ketones is 1. The molecule has 1 heterocycles. The van der Waals surface area contributed by atoms with E-state index in [4.69, 9.17) is 0 Å². The van der Waals surface area contributed by atoms with Crippen LogP contribution in [-0.2, 0) is 9.59 Å². The summed E-state index contributed by atoms with van der Waals surface area (Å²) < 4.78 is 0. The van der Waals surface area contributed by atoms with E-state index in [-0.39, 0.29) is 23.5 Å². The monoisotopic (exact) mass is 313 g/mol. The number of hydrogen-bond acceptors (Lipinski definition) is 3. The lowest BCUT2D eigenvalue weighted by Crippen LogP contribution is -2.42. The molecule has 0 bridgehead atoms. The number of amides is 1. The van der Waals surface area contributed by atoms with E-state index in [1.165, 1.54) is 13.3 Å². The van der Waals surface area contributed by atoms with Gasteiger partial charge in [-0.3, -0.25) is 14.5 Å². The lowest BCUT2D eigenvalue weighted by atomic mass is 9.80. The fourth-order valence-electron chi connectivity index (χ4n) is 3.88. The van der Waals surface area contributed by atoms with Crippen molar-refractivity contribution >= 4 is 17.4 Å². The molecule has 0 radical (unpaired) electrons. The van der Waals surface area contributed by atoms with E-state index in [9.17, 15) is 14.7 Å². The molecule has 1 aliphatic heterocycles. The van der Waals surface area contributed by atoms with E-state index in [1.54, 1.807) is 4.90 Å². The van der Waals surface area contributed by atoms with Gasteiger partial charge in [0.2, 0.25) is 0 Å². The molecule has 0 saturated heterocycles. The molecule has 23 heavy (non-hydrogen) atoms. The van der Waals surface area contributed by atoms with Crippen LogP contribution in [0.2, 0.25) is 0 Å². The predicted octanol–water partition coefficient (Wildman–Crippen LogP) is 3.69. The summed E-state index contributed by atoms with van der Waals surface area (Å²) in [6, 6.07) is 7.34. The Balaban J connectivity index is 2.04. The van der Waals surface area contributed by atoms with Gasteiger partial charge >= 0.3 is 0 Å². The number of anilines is 1. The van der Waals surface area contributed by atoms with E-state index in [2.05, 4.69) is 0 Å². The Hall–Kier alpha value is -2.10. The maximum absolute atomic E-state index is 12.6. The lowest BCUT2D eigenvalue weighted by Gasteiger charge is -2.35. The third kappa shape index (κ3) is 2.78. The van der Waals surface area contributed by atoms with Crippen molar-refractivity contribution in [2.75, 3.05) is 4.90 Å². The number of carbonyl (C=O) groups is 2. The van der Waals surface area contributed by atoms with Gasteiger partial charge in [-0.1, -0.05) is 37.0 Å². The molecule has 1 aromatic rings. The summed E-state index contributed by atoms with van der Waals surface area (Å²) in [6.45, 7) is 3.43. The molecule has 3 rings (SSSR count). The summed E-state index contributed by atoms with van der Waals surface area (Å²) in [5.41, 5.74) is 2.15. The van der Waals surface area contributed by atoms with Gasteiger partial charge in [-0.2, -0.15) is 0 Å². The lowest BCUT2D eigenvalue weighted by molar-refractivity contribution is -0.117. The van der Waals surface area contributed by atoms with Crippen molar-refractivity contribution in [2.24, 2.45) is 5.92 Å². The largest absolute Gasteiger partial charge is 0.503 e. The molecule has 122 valence electrons. The highest BCUT2D eigenvalue weighted by molar-refractivity contribution is 6.16. The molecule has 1 aliphatic carbocycles. The van der Waals surface area contributed by atoms with Crippen molar-refractivity contribution in [3.63, 3.8) is 0 Å². The molecule has 1 fully saturated rings. The topological polar surface area (TPSA) is 57.6 Å². The Morgan fingerprint density at radius 3 is 2.30 bits per heavy atom. The fraction of sp³-hybridized carbons (Fsp3) is 0.474. The highest BCUT2D eigenvalue weighted by Gasteiger charge is 2.46. The molecule has 4 heteroatoms. The molecular formula is C19H23NO3. The zero-order valence-corrected chi connectivity index (χ0v) is 13.7. The first-order valence-electron chi connectivity index (χ1n) is 8.35. The second-order valence-corrected chi connectivity index (χ2v) is 6.67. The number of carbonyl (C=O) groups excluding carboxylic acids is 2. The molecule has 0 aromatic heterocycles. The summed E-state index contributed by atoms with van der Waals surface area (Å²) in [6.07, 6.45) is 5.41. The van der Waals surface area contributed by atoms with E-state index in [0.29, 0.717) is 5.57 Å². The number of aliphatic hydroxyl groups is 1. The number of hydrogen-bond donors (Lipinski definition) is 1. The van der Waals surface area contributed by atoms with Gasteiger partial charge in [0, 0.05) is 5.69 Å². The molecule has 1 aromatic carbocycles. The Morgan fingerprint density at radius 2 is 1.74 bits per heavy atom. The zero-order valence-electron chi connectivity index (χ0n) is 13.7. The molecule has 1 atom stereocenters. The molecular weight excluding hydrogens is 290 g/mol. The maximum Gasteiger partial charge on any atom is 0.294 e. The molecule has 1 amide bonds. The van der Waals surface area contributed by atoms with E-state index < -0.39 is 5.91 Å². The van der Waals surface area contributed by atoms with Crippen molar-refractivity contribution in [1.82, 2.24) is 0 Å². The van der Waals surface area contributed by atoms with Crippen LogP contribution >= 0.6 is 0 Å². The summed E-state index contributed by atoms with van der Waals surface area (Å²) >= 11 is 0. The minimum atomic E-state index is -0.449. The SMILES string of the molecule is CC(=O)C1=C(O)C(=O)N(c2ccc(C)cc2)[C@@H]1C1CCCCC1. The normalized spacial score (nSPS) is 22.8. The first-order chi connectivity index (χ1) is 11.0. The quantitative estimate of drug-likeness (QED) is 0.926. The van der Waals surface area contributed by atoms with Gasteiger partial charge in [-0.25, -0.2) is 0 Å². The van der Waals surface area contributed by atoms with Gasteiger partial charge in [0.05, 0.1) is 11.6 Å². The molecule has 0 unspecified atom stereocenters. The van der Waals surface area contributed by atoms with Crippen molar-refractivity contribution in [3.05, 3.63) is 41.2 Å². The third-order valence-electron chi connectivity index (χ3n) is 5.04. The number of benzene rings is 1. The first-order valence-corrected chi connectivity index (χ1v) is 8.35. The standard InChI is InChI=1S/C19H23NO3/c1-12-8-10-15(11-9-12)20-17(14-6-4-3-5-7-14)16(13(2)21)18(22)19(20)23/h8-11,14,17,22H,3-7H2,1-2H3/t17-/m1/s1. The molecule has 1 N–H and O–H groups in total. The molecule has 1 saturated carbocycles. The van der Waals surface area contributed by atoms with E-state index in [1.807, 2.05) is 31.2 Å². The minimum Gasteiger partial charge on any atom is -0.503 e. The summed E-state index contributed by atoms with van der Waals surface area (Å²) in [7, 11) is 0. The van der Waals surface area contributed by atoms with Crippen molar-refractivity contribution in [1.29, 1.82) is 0 Å². The van der Waals surface area contributed by atoms with Crippen LogP contribution in [0.3, 0.4) is 0 Å². The van der Waals surface area contributed by atoms with Crippen LogP contribution in [0.15, 0.2) is 35.6 Å². The number of rotatable bonds is 3. The average Bonchev–Trinajstić information content (AvgIpc) is 2.81. The van der Waals surface area contributed by atoms with E-state index in [0.717, 1.165) is 36.9 Å². The Labute approximate surface area is 136 Å². The number of aryl methyl sites for hydroxylation is 1. The fourth-order valence-corrected chi connectivity index (χ4v) is 3.88. The Bertz CT molecular complexity index is 654. The average molecular weight is 313 g/mol. The van der Waals surface area contributed by atoms with Crippen LogP contribution in [0.25, 0.3) is 0 Å². The third-order valence-corrected chi connectivity index (χ3v) is 5.04. The Morgan fingerprint density at radius 1 is 1.13 bits per heavy atom. The first kappa shape index (κ1) is 15.8. The van der Waals surface area contributed by atoms with Crippen LogP contribution in [-0.4, -0.2) is 22.8 Å². The van der Waals surface area contributed by atoms with E-state index >= 15 is 0 Å². The second-order valence-electron chi connectivity index (χ2n) is 6.67. The van der Waals surface area contributed by atoms with Gasteiger partial charge in [-0.15, -0.1) is 0 Å². The summed E-state index contributed by atoms with van der Waals surface area (Å²) in [5, 5.41) is 10.3. The molecule has 0 spiro atoms. The zero-order chi connectivity index (χ0) is 16.6. The van der Waals surface area contributed by atoms with Crippen molar-refractivity contribution < 1.29 is 14.7 Å². The smallest absolute Gasteiger partial charge is 0.294 e. The van der Waals surface area contributed by atoms with Crippen molar-refractivity contribution in [2.45, 2.75) is 52.0 Å². The van der Waals surface area contributed by atoms with Crippen LogP contribution in [0.1, 0.15) is 44.6 Å². The van der Waals surface area contributed by atoms with Gasteiger partial charge < -0.3 is 5.11 Å². The van der Waals surface area contributed by atoms with Gasteiger partial charge in [0.15, 0.2) is 11.5 Å². The van der Waals surface area contributed by atoms with Crippen molar-refractivity contribution in [3.8, 4) is 0 Å². The minimum absolute atomic E-state index is 0.207. The summed E-state index contributed by atoms with van der Waals surface area (Å²) in [5.74, 6) is -0.790. The van der Waals surface area contributed by atoms with Gasteiger partial charge in [-0.05, 0) is 44.7 Å². The van der Waals surface area contributed by atoms with Gasteiger partial charge in [0.1, 0.15) is 0 Å². The second kappa shape index (κ2) is 6.19. The maximum atomic E-state index is 12.6. The van der Waals surface area contributed by atoms with Gasteiger partial charge in [0.25, 0.3) is 5.91 Å². The van der Waals surface area contributed by atoms with Crippen LogP contribution in [0.5, 0.6) is 0 Å². The van der Waals surface area contributed by atoms with Crippen LogP contribution < -0.4 is 4.90 Å². The Kier molecular flexibility index (Phi) is 4.24.